The molecule has 1 amide bonds. The van der Waals surface area contributed by atoms with Gasteiger partial charge in [0, 0.05) is 25.2 Å². The molecule has 1 atom stereocenters. The van der Waals surface area contributed by atoms with Gasteiger partial charge in [0.05, 0.1) is 0 Å². The summed E-state index contributed by atoms with van der Waals surface area (Å²) in [6, 6.07) is 4.79. The van der Waals surface area contributed by atoms with Gasteiger partial charge in [0.1, 0.15) is 6.04 Å². The number of piperazine rings is 1. The van der Waals surface area contributed by atoms with Crippen molar-refractivity contribution in [2.24, 2.45) is 0 Å². The monoisotopic (exact) mass is 262 g/mol. The summed E-state index contributed by atoms with van der Waals surface area (Å²) in [5, 5.41) is 12.2. The minimum atomic E-state index is -0.967. The van der Waals surface area contributed by atoms with Crippen molar-refractivity contribution in [1.82, 2.24) is 10.2 Å². The molecular weight excluding hydrogens is 244 g/mol. The summed E-state index contributed by atoms with van der Waals surface area (Å²) >= 11 is 0. The van der Waals surface area contributed by atoms with Gasteiger partial charge in [-0.2, -0.15) is 0 Å². The molecule has 2 rings (SSSR count). The van der Waals surface area contributed by atoms with E-state index in [0.29, 0.717) is 25.2 Å². The molecule has 1 aromatic rings. The van der Waals surface area contributed by atoms with E-state index >= 15 is 0 Å². The number of hydrogen-bond acceptors (Lipinski definition) is 3. The molecule has 0 bridgehead atoms. The molecule has 1 unspecified atom stereocenters. The maximum atomic E-state index is 12.5. The van der Waals surface area contributed by atoms with Gasteiger partial charge in [-0.25, -0.2) is 4.79 Å². The molecule has 0 spiro atoms. The zero-order chi connectivity index (χ0) is 14.0. The lowest BCUT2D eigenvalue weighted by Crippen LogP contribution is -2.57. The molecule has 1 saturated heterocycles. The number of aliphatic carboxylic acids is 1. The third-order valence-corrected chi connectivity index (χ3v) is 3.40. The summed E-state index contributed by atoms with van der Waals surface area (Å²) < 4.78 is 0. The fourth-order valence-corrected chi connectivity index (χ4v) is 2.38. The van der Waals surface area contributed by atoms with E-state index in [1.807, 2.05) is 26.0 Å². The molecule has 1 fully saturated rings. The van der Waals surface area contributed by atoms with Crippen LogP contribution in [-0.2, 0) is 4.79 Å². The van der Waals surface area contributed by atoms with Crippen LogP contribution in [0.3, 0.4) is 0 Å². The van der Waals surface area contributed by atoms with Crippen molar-refractivity contribution in [3.63, 3.8) is 0 Å². The number of benzene rings is 1. The maximum Gasteiger partial charge on any atom is 0.327 e. The van der Waals surface area contributed by atoms with Gasteiger partial charge in [0.25, 0.3) is 5.91 Å². The Morgan fingerprint density at radius 1 is 1.37 bits per heavy atom. The van der Waals surface area contributed by atoms with Crippen LogP contribution in [0.15, 0.2) is 18.2 Å². The molecule has 19 heavy (non-hydrogen) atoms. The average Bonchev–Trinajstić information content (AvgIpc) is 2.38. The van der Waals surface area contributed by atoms with Crippen LogP contribution in [0.4, 0.5) is 0 Å². The normalized spacial score (nSPS) is 19.3. The lowest BCUT2D eigenvalue weighted by atomic mass is 10.0. The zero-order valence-electron chi connectivity index (χ0n) is 11.1. The van der Waals surface area contributed by atoms with Crippen LogP contribution in [0.2, 0.25) is 0 Å². The number of aryl methyl sites for hydroxylation is 2. The molecule has 0 saturated carbocycles. The Morgan fingerprint density at radius 2 is 2.11 bits per heavy atom. The molecular formula is C14H18N2O3. The number of nitrogens with zero attached hydrogens (tertiary/aromatic N) is 1. The number of amides is 1. The lowest BCUT2D eigenvalue weighted by Gasteiger charge is -2.33. The van der Waals surface area contributed by atoms with Crippen LogP contribution in [0, 0.1) is 13.8 Å². The average molecular weight is 262 g/mol. The molecule has 1 heterocycles. The molecule has 1 aliphatic heterocycles. The van der Waals surface area contributed by atoms with E-state index in [9.17, 15) is 14.7 Å². The second kappa shape index (κ2) is 5.40. The van der Waals surface area contributed by atoms with Crippen LogP contribution in [0.25, 0.3) is 0 Å². The third-order valence-electron chi connectivity index (χ3n) is 3.40. The fourth-order valence-electron chi connectivity index (χ4n) is 2.38. The number of carboxylic acid groups (broad SMARTS) is 1. The van der Waals surface area contributed by atoms with Crippen molar-refractivity contribution in [3.8, 4) is 0 Å². The Labute approximate surface area is 112 Å². The molecule has 0 aromatic heterocycles. The molecule has 2 N–H and O–H groups in total. The van der Waals surface area contributed by atoms with Crippen LogP contribution in [0.1, 0.15) is 21.5 Å². The van der Waals surface area contributed by atoms with E-state index in [2.05, 4.69) is 5.32 Å². The van der Waals surface area contributed by atoms with Gasteiger partial charge in [0.2, 0.25) is 0 Å². The highest BCUT2D eigenvalue weighted by molar-refractivity contribution is 5.98. The minimum Gasteiger partial charge on any atom is -0.480 e. The van der Waals surface area contributed by atoms with E-state index in [-0.39, 0.29) is 5.91 Å². The SMILES string of the molecule is Cc1ccc(C(=O)N2CCNCC2C(=O)O)c(C)c1. The predicted octanol–water partition coefficient (Wildman–Crippen LogP) is 0.802. The highest BCUT2D eigenvalue weighted by Crippen LogP contribution is 2.16. The van der Waals surface area contributed by atoms with Crippen molar-refractivity contribution in [3.05, 3.63) is 34.9 Å². The van der Waals surface area contributed by atoms with E-state index in [1.165, 1.54) is 4.90 Å². The molecule has 5 nitrogen and oxygen atoms in total. The van der Waals surface area contributed by atoms with Crippen molar-refractivity contribution >= 4 is 11.9 Å². The van der Waals surface area contributed by atoms with E-state index in [1.54, 1.807) is 6.07 Å². The number of rotatable bonds is 2. The summed E-state index contributed by atoms with van der Waals surface area (Å²) in [6.07, 6.45) is 0. The molecule has 0 aliphatic carbocycles. The fraction of sp³-hybridized carbons (Fsp3) is 0.429. The second-order valence-corrected chi connectivity index (χ2v) is 4.88. The number of carbonyl (C=O) groups excluding carboxylic acids is 1. The first-order valence-electron chi connectivity index (χ1n) is 6.32. The molecule has 5 heteroatoms. The van der Waals surface area contributed by atoms with Gasteiger partial charge in [-0.3, -0.25) is 4.79 Å². The Balaban J connectivity index is 2.28. The van der Waals surface area contributed by atoms with Gasteiger partial charge in [-0.05, 0) is 25.5 Å². The minimum absolute atomic E-state index is 0.202. The number of carbonyl (C=O) groups is 2. The van der Waals surface area contributed by atoms with Crippen molar-refractivity contribution < 1.29 is 14.7 Å². The van der Waals surface area contributed by atoms with E-state index in [4.69, 9.17) is 0 Å². The second-order valence-electron chi connectivity index (χ2n) is 4.88. The van der Waals surface area contributed by atoms with Crippen LogP contribution in [-0.4, -0.2) is 47.6 Å². The number of nitrogens with one attached hydrogen (secondary N) is 1. The molecule has 102 valence electrons. The smallest absolute Gasteiger partial charge is 0.327 e. The topological polar surface area (TPSA) is 69.6 Å². The van der Waals surface area contributed by atoms with Crippen LogP contribution >= 0.6 is 0 Å². The Hall–Kier alpha value is -1.88. The maximum absolute atomic E-state index is 12.5. The van der Waals surface area contributed by atoms with Crippen LogP contribution in [0.5, 0.6) is 0 Å². The highest BCUT2D eigenvalue weighted by atomic mass is 16.4. The Bertz CT molecular complexity index is 513. The number of carboxylic acids is 1. The number of hydrogen-bond donors (Lipinski definition) is 2. The largest absolute Gasteiger partial charge is 0.480 e. The first-order valence-corrected chi connectivity index (χ1v) is 6.32. The molecule has 0 radical (unpaired) electrons. The summed E-state index contributed by atoms with van der Waals surface area (Å²) in [5.41, 5.74) is 2.55. The van der Waals surface area contributed by atoms with Crippen LogP contribution < -0.4 is 5.32 Å². The highest BCUT2D eigenvalue weighted by Gasteiger charge is 2.32. The summed E-state index contributed by atoms with van der Waals surface area (Å²) in [6.45, 7) is 5.18. The molecule has 1 aromatic carbocycles. The van der Waals surface area contributed by atoms with E-state index in [0.717, 1.165) is 11.1 Å². The summed E-state index contributed by atoms with van der Waals surface area (Å²) in [7, 11) is 0. The quantitative estimate of drug-likeness (QED) is 0.827. The Morgan fingerprint density at radius 3 is 2.74 bits per heavy atom. The summed E-state index contributed by atoms with van der Waals surface area (Å²) in [4.78, 5) is 25.1. The first-order chi connectivity index (χ1) is 9.00. The van der Waals surface area contributed by atoms with Crippen molar-refractivity contribution in [2.75, 3.05) is 19.6 Å². The summed E-state index contributed by atoms with van der Waals surface area (Å²) in [5.74, 6) is -1.17. The first kappa shape index (κ1) is 13.5. The van der Waals surface area contributed by atoms with Gasteiger partial charge in [0.15, 0.2) is 0 Å². The predicted molar refractivity (Wildman–Crippen MR) is 71.2 cm³/mol. The van der Waals surface area contributed by atoms with Crippen molar-refractivity contribution in [2.45, 2.75) is 19.9 Å². The van der Waals surface area contributed by atoms with E-state index < -0.39 is 12.0 Å². The third kappa shape index (κ3) is 2.76. The lowest BCUT2D eigenvalue weighted by molar-refractivity contribution is -0.142. The van der Waals surface area contributed by atoms with Crippen molar-refractivity contribution in [1.29, 1.82) is 0 Å². The Kier molecular flexibility index (Phi) is 3.85. The van der Waals surface area contributed by atoms with Gasteiger partial charge in [-0.15, -0.1) is 0 Å². The van der Waals surface area contributed by atoms with Gasteiger partial charge in [-0.1, -0.05) is 17.7 Å². The van der Waals surface area contributed by atoms with Gasteiger partial charge >= 0.3 is 5.97 Å². The van der Waals surface area contributed by atoms with Gasteiger partial charge < -0.3 is 15.3 Å². The molecule has 1 aliphatic rings. The zero-order valence-corrected chi connectivity index (χ0v) is 11.1. The standard InChI is InChI=1S/C14H18N2O3/c1-9-3-4-11(10(2)7-9)13(17)16-6-5-15-8-12(16)14(18)19/h3-4,7,12,15H,5-6,8H2,1-2H3,(H,18,19).